The molecule has 0 fully saturated rings. The number of allylic oxidation sites excluding steroid dienone is 2. The zero-order valence-corrected chi connectivity index (χ0v) is 14.8. The van der Waals surface area contributed by atoms with Crippen LogP contribution in [0.5, 0.6) is 0 Å². The highest BCUT2D eigenvalue weighted by atomic mass is 16.5. The average molecular weight is 333 g/mol. The Morgan fingerprint density at radius 2 is 1.64 bits per heavy atom. The predicted molar refractivity (Wildman–Crippen MR) is 99.7 cm³/mol. The second kappa shape index (κ2) is 7.39. The molecule has 0 aromatic heterocycles. The maximum absolute atomic E-state index is 12.5. The molecule has 2 atom stereocenters. The molecule has 0 saturated carbocycles. The molecule has 0 amide bonds. The quantitative estimate of drug-likeness (QED) is 0.752. The second-order valence-electron chi connectivity index (χ2n) is 6.21. The molecule has 3 rings (SSSR count). The lowest BCUT2D eigenvalue weighted by atomic mass is 9.87. The fourth-order valence-corrected chi connectivity index (χ4v) is 3.39. The predicted octanol–water partition coefficient (Wildman–Crippen LogP) is 4.81. The van der Waals surface area contributed by atoms with Crippen LogP contribution < -0.4 is 0 Å². The summed E-state index contributed by atoms with van der Waals surface area (Å²) in [5.74, 6) is -0.367. The molecule has 2 unspecified atom stereocenters. The summed E-state index contributed by atoms with van der Waals surface area (Å²) in [5, 5.41) is 0. The van der Waals surface area contributed by atoms with Crippen LogP contribution in [0, 0.1) is 0 Å². The van der Waals surface area contributed by atoms with E-state index in [4.69, 9.17) is 4.74 Å². The lowest BCUT2D eigenvalue weighted by Crippen LogP contribution is -2.28. The van der Waals surface area contributed by atoms with Crippen molar-refractivity contribution in [3.63, 3.8) is 0 Å². The third-order valence-corrected chi connectivity index (χ3v) is 4.79. The van der Waals surface area contributed by atoms with Crippen LogP contribution in [-0.4, -0.2) is 18.0 Å². The van der Waals surface area contributed by atoms with Gasteiger partial charge in [-0.2, -0.15) is 0 Å². The minimum absolute atomic E-state index is 0.0899. The van der Waals surface area contributed by atoms with Gasteiger partial charge in [0.05, 0.1) is 18.7 Å². The Kier molecular flexibility index (Phi) is 5.03. The Bertz CT molecular complexity index is 793. The summed E-state index contributed by atoms with van der Waals surface area (Å²) in [6.45, 7) is 4.13. The summed E-state index contributed by atoms with van der Waals surface area (Å²) in [7, 11) is 1.44. The number of hydrogen-bond acceptors (Lipinski definition) is 3. The van der Waals surface area contributed by atoms with E-state index in [1.54, 1.807) is 0 Å². The average Bonchev–Trinajstić information content (AvgIpc) is 2.68. The second-order valence-corrected chi connectivity index (χ2v) is 6.21. The maximum Gasteiger partial charge on any atom is 0.336 e. The highest BCUT2D eigenvalue weighted by molar-refractivity contribution is 5.92. The normalized spacial score (nSPS) is 18.2. The molecule has 0 N–H and O–H groups in total. The van der Waals surface area contributed by atoms with Crippen molar-refractivity contribution in [2.45, 2.75) is 25.8 Å². The monoisotopic (exact) mass is 333 g/mol. The van der Waals surface area contributed by atoms with Crippen LogP contribution in [-0.2, 0) is 9.53 Å². The molecular formula is C22H23NO2. The number of benzene rings is 2. The Morgan fingerprint density at radius 3 is 2.24 bits per heavy atom. The topological polar surface area (TPSA) is 29.5 Å². The summed E-state index contributed by atoms with van der Waals surface area (Å²) in [6, 6.07) is 20.5. The standard InChI is InChI=1S/C22H23NO2/c1-16(18-10-6-4-7-11-18)23-15-14-20(19-12-8-5-9-13-19)21(17(23)2)22(24)25-3/h4-16,20H,1-3H3. The van der Waals surface area contributed by atoms with Crippen molar-refractivity contribution >= 4 is 5.97 Å². The number of carbonyl (C=O) groups is 1. The fourth-order valence-electron chi connectivity index (χ4n) is 3.39. The van der Waals surface area contributed by atoms with Crippen LogP contribution in [0.25, 0.3) is 0 Å². The first-order valence-electron chi connectivity index (χ1n) is 8.49. The molecular weight excluding hydrogens is 310 g/mol. The summed E-state index contributed by atoms with van der Waals surface area (Å²) in [4.78, 5) is 14.7. The minimum Gasteiger partial charge on any atom is -0.466 e. The molecule has 3 nitrogen and oxygen atoms in total. The molecule has 3 heteroatoms. The Hall–Kier alpha value is -2.81. The van der Waals surface area contributed by atoms with Gasteiger partial charge in [0.25, 0.3) is 0 Å². The summed E-state index contributed by atoms with van der Waals surface area (Å²) in [5.41, 5.74) is 3.91. The molecule has 1 aliphatic rings. The molecule has 25 heavy (non-hydrogen) atoms. The van der Waals surface area contributed by atoms with E-state index >= 15 is 0 Å². The number of ether oxygens (including phenoxy) is 1. The largest absolute Gasteiger partial charge is 0.466 e. The Morgan fingerprint density at radius 1 is 1.04 bits per heavy atom. The molecule has 128 valence electrons. The van der Waals surface area contributed by atoms with Gasteiger partial charge in [-0.3, -0.25) is 0 Å². The molecule has 0 radical (unpaired) electrons. The van der Waals surface area contributed by atoms with Gasteiger partial charge in [0.1, 0.15) is 0 Å². The molecule has 0 spiro atoms. The first kappa shape index (κ1) is 17.0. The van der Waals surface area contributed by atoms with Crippen LogP contribution in [0.1, 0.15) is 36.9 Å². The van der Waals surface area contributed by atoms with Crippen LogP contribution >= 0.6 is 0 Å². The van der Waals surface area contributed by atoms with Gasteiger partial charge in [-0.1, -0.05) is 66.7 Å². The van der Waals surface area contributed by atoms with Crippen molar-refractivity contribution in [2.24, 2.45) is 0 Å². The van der Waals surface area contributed by atoms with Crippen molar-refractivity contribution in [1.82, 2.24) is 4.90 Å². The Labute approximate surface area is 149 Å². The third-order valence-electron chi connectivity index (χ3n) is 4.79. The lowest BCUT2D eigenvalue weighted by Gasteiger charge is -2.35. The SMILES string of the molecule is COC(=O)C1=C(C)N(C(C)c2ccccc2)C=CC1c1ccccc1. The number of rotatable bonds is 4. The lowest BCUT2D eigenvalue weighted by molar-refractivity contribution is -0.136. The van der Waals surface area contributed by atoms with E-state index in [0.29, 0.717) is 5.57 Å². The number of methoxy groups -OCH3 is 1. The van der Waals surface area contributed by atoms with Crippen LogP contribution in [0.2, 0.25) is 0 Å². The maximum atomic E-state index is 12.5. The van der Waals surface area contributed by atoms with Gasteiger partial charge in [-0.25, -0.2) is 4.79 Å². The van der Waals surface area contributed by atoms with E-state index in [0.717, 1.165) is 11.3 Å². The fraction of sp³-hybridized carbons (Fsp3) is 0.227. The molecule has 0 aliphatic carbocycles. The summed E-state index contributed by atoms with van der Waals surface area (Å²) in [6.07, 6.45) is 4.16. The third kappa shape index (κ3) is 3.36. The molecule has 1 aliphatic heterocycles. The number of esters is 1. The number of hydrogen-bond donors (Lipinski definition) is 0. The minimum atomic E-state index is -0.277. The van der Waals surface area contributed by atoms with Gasteiger partial charge in [0, 0.05) is 17.8 Å². The van der Waals surface area contributed by atoms with Crippen LogP contribution in [0.3, 0.4) is 0 Å². The molecule has 2 aromatic rings. The van der Waals surface area contributed by atoms with Crippen molar-refractivity contribution in [3.8, 4) is 0 Å². The van der Waals surface area contributed by atoms with E-state index in [1.165, 1.54) is 12.7 Å². The molecule has 0 saturated heterocycles. The molecule has 2 aromatic carbocycles. The van der Waals surface area contributed by atoms with Gasteiger partial charge in [-0.15, -0.1) is 0 Å². The van der Waals surface area contributed by atoms with E-state index in [2.05, 4.69) is 36.2 Å². The van der Waals surface area contributed by atoms with E-state index in [9.17, 15) is 4.79 Å². The summed E-state index contributed by atoms with van der Waals surface area (Å²) >= 11 is 0. The van der Waals surface area contributed by atoms with Crippen molar-refractivity contribution in [1.29, 1.82) is 0 Å². The van der Waals surface area contributed by atoms with Crippen molar-refractivity contribution in [3.05, 3.63) is 95.3 Å². The van der Waals surface area contributed by atoms with Crippen molar-refractivity contribution in [2.75, 3.05) is 7.11 Å². The van der Waals surface area contributed by atoms with Gasteiger partial charge < -0.3 is 9.64 Å². The zero-order valence-electron chi connectivity index (χ0n) is 14.8. The Balaban J connectivity index is 2.01. The highest BCUT2D eigenvalue weighted by Gasteiger charge is 2.30. The van der Waals surface area contributed by atoms with Crippen LogP contribution in [0.15, 0.2) is 84.2 Å². The smallest absolute Gasteiger partial charge is 0.336 e. The summed E-state index contributed by atoms with van der Waals surface area (Å²) < 4.78 is 5.09. The molecule has 1 heterocycles. The molecule has 0 bridgehead atoms. The van der Waals surface area contributed by atoms with Gasteiger partial charge in [0.2, 0.25) is 0 Å². The van der Waals surface area contributed by atoms with Gasteiger partial charge >= 0.3 is 5.97 Å². The number of nitrogens with zero attached hydrogens (tertiary/aromatic N) is 1. The van der Waals surface area contributed by atoms with Crippen LogP contribution in [0.4, 0.5) is 0 Å². The van der Waals surface area contributed by atoms with E-state index in [-0.39, 0.29) is 17.9 Å². The van der Waals surface area contributed by atoms with Gasteiger partial charge in [0.15, 0.2) is 0 Å². The number of carbonyl (C=O) groups excluding carboxylic acids is 1. The first-order valence-corrected chi connectivity index (χ1v) is 8.49. The van der Waals surface area contributed by atoms with E-state index < -0.39 is 0 Å². The zero-order chi connectivity index (χ0) is 17.8. The highest BCUT2D eigenvalue weighted by Crippen LogP contribution is 2.37. The van der Waals surface area contributed by atoms with Crippen molar-refractivity contribution < 1.29 is 9.53 Å². The van der Waals surface area contributed by atoms with E-state index in [1.807, 2.05) is 55.5 Å². The van der Waals surface area contributed by atoms with Gasteiger partial charge in [-0.05, 0) is 25.0 Å². The first-order chi connectivity index (χ1) is 12.1.